The summed E-state index contributed by atoms with van der Waals surface area (Å²) in [7, 11) is 0. The Kier molecular flexibility index (Phi) is 5.29. The Morgan fingerprint density at radius 1 is 1.41 bits per heavy atom. The molecule has 0 saturated heterocycles. The van der Waals surface area contributed by atoms with Crippen molar-refractivity contribution in [3.05, 3.63) is 34.3 Å². The van der Waals surface area contributed by atoms with Gasteiger partial charge in [0.25, 0.3) is 5.91 Å². The lowest BCUT2D eigenvalue weighted by Gasteiger charge is -2.20. The highest BCUT2D eigenvalue weighted by Crippen LogP contribution is 2.19. The number of carbonyl (C=O) groups excluding carboxylic acids is 1. The van der Waals surface area contributed by atoms with E-state index in [1.165, 1.54) is 0 Å². The lowest BCUT2D eigenvalue weighted by molar-refractivity contribution is 0.0930. The van der Waals surface area contributed by atoms with Crippen LogP contribution in [0.15, 0.2) is 18.2 Å². The van der Waals surface area contributed by atoms with E-state index in [1.807, 2.05) is 20.8 Å². The van der Waals surface area contributed by atoms with Crippen molar-refractivity contribution >= 4 is 29.1 Å². The van der Waals surface area contributed by atoms with E-state index in [0.29, 0.717) is 22.4 Å². The number of hydrogen-bond acceptors (Lipinski definition) is 1. The van der Waals surface area contributed by atoms with Crippen LogP contribution in [0, 0.1) is 12.8 Å². The van der Waals surface area contributed by atoms with Gasteiger partial charge >= 0.3 is 0 Å². The number of amides is 1. The van der Waals surface area contributed by atoms with Crippen LogP contribution in [0.2, 0.25) is 5.02 Å². The third kappa shape index (κ3) is 3.62. The summed E-state index contributed by atoms with van der Waals surface area (Å²) in [6.07, 6.45) is 0. The summed E-state index contributed by atoms with van der Waals surface area (Å²) in [5.41, 5.74) is 1.40. The monoisotopic (exact) mass is 273 g/mol. The van der Waals surface area contributed by atoms with Crippen molar-refractivity contribution < 1.29 is 4.79 Å². The lowest BCUT2D eigenvalue weighted by Crippen LogP contribution is -2.40. The molecule has 0 aliphatic heterocycles. The van der Waals surface area contributed by atoms with E-state index in [4.69, 9.17) is 23.2 Å². The zero-order valence-electron chi connectivity index (χ0n) is 10.3. The van der Waals surface area contributed by atoms with Gasteiger partial charge in [-0.05, 0) is 30.5 Å². The molecule has 1 rings (SSSR count). The van der Waals surface area contributed by atoms with Crippen molar-refractivity contribution in [3.8, 4) is 0 Å². The number of rotatable bonds is 4. The van der Waals surface area contributed by atoms with Gasteiger partial charge in [0, 0.05) is 22.5 Å². The second-order valence-corrected chi connectivity index (χ2v) is 5.11. The fourth-order valence-electron chi connectivity index (χ4n) is 1.48. The molecule has 0 fully saturated rings. The number of carbonyl (C=O) groups is 1. The summed E-state index contributed by atoms with van der Waals surface area (Å²) in [6, 6.07) is 5.29. The second-order valence-electron chi connectivity index (χ2n) is 4.39. The highest BCUT2D eigenvalue weighted by molar-refractivity contribution is 6.31. The Hall–Kier alpha value is -0.730. The predicted octanol–water partition coefficient (Wildman–Crippen LogP) is 3.64. The van der Waals surface area contributed by atoms with Gasteiger partial charge < -0.3 is 5.32 Å². The van der Waals surface area contributed by atoms with Crippen molar-refractivity contribution in [1.82, 2.24) is 5.32 Å². The molecule has 1 aromatic rings. The van der Waals surface area contributed by atoms with Crippen molar-refractivity contribution in [2.24, 2.45) is 5.92 Å². The van der Waals surface area contributed by atoms with Gasteiger partial charge in [-0.2, -0.15) is 0 Å². The number of hydrogen-bond donors (Lipinski definition) is 1. The van der Waals surface area contributed by atoms with Gasteiger partial charge in [-0.1, -0.05) is 31.5 Å². The zero-order valence-corrected chi connectivity index (χ0v) is 11.8. The van der Waals surface area contributed by atoms with Crippen LogP contribution in [0.5, 0.6) is 0 Å². The molecule has 17 heavy (non-hydrogen) atoms. The first-order valence-corrected chi connectivity index (χ1v) is 6.50. The molecule has 0 aliphatic carbocycles. The van der Waals surface area contributed by atoms with Crippen LogP contribution in [0.3, 0.4) is 0 Å². The Balaban J connectivity index is 2.86. The van der Waals surface area contributed by atoms with Crippen LogP contribution in [-0.4, -0.2) is 17.8 Å². The van der Waals surface area contributed by atoms with E-state index in [1.54, 1.807) is 18.2 Å². The van der Waals surface area contributed by atoms with Crippen LogP contribution in [0.25, 0.3) is 0 Å². The topological polar surface area (TPSA) is 29.1 Å². The van der Waals surface area contributed by atoms with E-state index >= 15 is 0 Å². The molecule has 1 amide bonds. The van der Waals surface area contributed by atoms with Gasteiger partial charge in [0.05, 0.1) is 0 Å². The molecule has 0 bridgehead atoms. The van der Waals surface area contributed by atoms with E-state index < -0.39 is 0 Å². The van der Waals surface area contributed by atoms with Crippen LogP contribution in [0.4, 0.5) is 0 Å². The lowest BCUT2D eigenvalue weighted by atomic mass is 10.0. The molecule has 0 saturated carbocycles. The summed E-state index contributed by atoms with van der Waals surface area (Å²) < 4.78 is 0. The standard InChI is InChI=1S/C13H17Cl2NO/c1-8(2)12(7-14)16-13(17)10-5-4-6-11(15)9(10)3/h4-6,8,12H,7H2,1-3H3,(H,16,17). The summed E-state index contributed by atoms with van der Waals surface area (Å²) in [6.45, 7) is 5.89. The van der Waals surface area contributed by atoms with E-state index in [9.17, 15) is 4.79 Å². The normalized spacial score (nSPS) is 12.6. The molecule has 1 atom stereocenters. The molecule has 0 spiro atoms. The Morgan fingerprint density at radius 3 is 2.59 bits per heavy atom. The van der Waals surface area contributed by atoms with Crippen molar-refractivity contribution in [2.75, 3.05) is 5.88 Å². The average Bonchev–Trinajstić information content (AvgIpc) is 2.28. The molecule has 0 aromatic heterocycles. The minimum Gasteiger partial charge on any atom is -0.348 e. The van der Waals surface area contributed by atoms with Gasteiger partial charge in [0.2, 0.25) is 0 Å². The maximum atomic E-state index is 12.1. The molecule has 0 radical (unpaired) electrons. The smallest absolute Gasteiger partial charge is 0.251 e. The molecule has 94 valence electrons. The molecule has 0 heterocycles. The van der Waals surface area contributed by atoms with Crippen LogP contribution >= 0.6 is 23.2 Å². The molecule has 1 N–H and O–H groups in total. The second kappa shape index (κ2) is 6.27. The van der Waals surface area contributed by atoms with E-state index in [0.717, 1.165) is 5.56 Å². The highest BCUT2D eigenvalue weighted by atomic mass is 35.5. The summed E-state index contributed by atoms with van der Waals surface area (Å²) in [4.78, 5) is 12.1. The number of benzene rings is 1. The van der Waals surface area contributed by atoms with Gasteiger partial charge in [-0.3, -0.25) is 4.79 Å². The largest absolute Gasteiger partial charge is 0.348 e. The fourth-order valence-corrected chi connectivity index (χ4v) is 2.09. The number of halogens is 2. The Labute approximate surface area is 112 Å². The summed E-state index contributed by atoms with van der Waals surface area (Å²) >= 11 is 11.8. The van der Waals surface area contributed by atoms with E-state index in [2.05, 4.69) is 5.32 Å². The Bertz CT molecular complexity index is 404. The predicted molar refractivity (Wildman–Crippen MR) is 73.0 cm³/mol. The van der Waals surface area contributed by atoms with Crippen molar-refractivity contribution in [1.29, 1.82) is 0 Å². The van der Waals surface area contributed by atoms with E-state index in [-0.39, 0.29) is 11.9 Å². The Morgan fingerprint density at radius 2 is 2.06 bits per heavy atom. The molecule has 4 heteroatoms. The quantitative estimate of drug-likeness (QED) is 0.834. The first-order valence-electron chi connectivity index (χ1n) is 5.59. The maximum absolute atomic E-state index is 12.1. The third-order valence-electron chi connectivity index (χ3n) is 2.80. The average molecular weight is 274 g/mol. The zero-order chi connectivity index (χ0) is 13.0. The fraction of sp³-hybridized carbons (Fsp3) is 0.462. The molecule has 1 aromatic carbocycles. The maximum Gasteiger partial charge on any atom is 0.251 e. The van der Waals surface area contributed by atoms with Crippen molar-refractivity contribution in [2.45, 2.75) is 26.8 Å². The van der Waals surface area contributed by atoms with Crippen molar-refractivity contribution in [3.63, 3.8) is 0 Å². The third-order valence-corrected chi connectivity index (χ3v) is 3.54. The first kappa shape index (κ1) is 14.3. The highest BCUT2D eigenvalue weighted by Gasteiger charge is 2.17. The van der Waals surface area contributed by atoms with Crippen LogP contribution in [-0.2, 0) is 0 Å². The van der Waals surface area contributed by atoms with Gasteiger partial charge in [0.15, 0.2) is 0 Å². The van der Waals surface area contributed by atoms with Gasteiger partial charge in [0.1, 0.15) is 0 Å². The minimum absolute atomic E-state index is 0.0254. The van der Waals surface area contributed by atoms with Gasteiger partial charge in [-0.15, -0.1) is 11.6 Å². The molecule has 2 nitrogen and oxygen atoms in total. The minimum atomic E-state index is -0.121. The summed E-state index contributed by atoms with van der Waals surface area (Å²) in [5.74, 6) is 0.587. The van der Waals surface area contributed by atoms with Crippen LogP contribution in [0.1, 0.15) is 29.8 Å². The number of alkyl halides is 1. The summed E-state index contributed by atoms with van der Waals surface area (Å²) in [5, 5.41) is 3.52. The molecule has 0 aliphatic rings. The van der Waals surface area contributed by atoms with Gasteiger partial charge in [-0.25, -0.2) is 0 Å². The molecule has 1 unspecified atom stereocenters. The number of nitrogens with one attached hydrogen (secondary N) is 1. The SMILES string of the molecule is Cc1c(Cl)cccc1C(=O)NC(CCl)C(C)C. The first-order chi connectivity index (χ1) is 7.97. The van der Waals surface area contributed by atoms with Crippen LogP contribution < -0.4 is 5.32 Å². The molecular weight excluding hydrogens is 257 g/mol. The molecular formula is C13H17Cl2NO.